The summed E-state index contributed by atoms with van der Waals surface area (Å²) in [5.74, 6) is 0.887. The molecule has 4 nitrogen and oxygen atoms in total. The first kappa shape index (κ1) is 7.76. The van der Waals surface area contributed by atoms with Crippen molar-refractivity contribution >= 4 is 0 Å². The molecule has 2 N–H and O–H groups in total. The summed E-state index contributed by atoms with van der Waals surface area (Å²) in [6.07, 6.45) is 2.79. The van der Waals surface area contributed by atoms with E-state index in [0.717, 1.165) is 24.5 Å². The van der Waals surface area contributed by atoms with Crippen LogP contribution >= 0.6 is 0 Å². The molecule has 2 rings (SSSR count). The highest BCUT2D eigenvalue weighted by atomic mass is 16.3. The number of aromatic nitrogens is 2. The van der Waals surface area contributed by atoms with E-state index < -0.39 is 0 Å². The van der Waals surface area contributed by atoms with Crippen LogP contribution in [0.2, 0.25) is 0 Å². The lowest BCUT2D eigenvalue weighted by molar-refractivity contribution is 0.139. The third kappa shape index (κ3) is 1.13. The SMILES string of the molecule is OCc1cnc2n1CCC(O)C2. The van der Waals surface area contributed by atoms with Gasteiger partial charge in [-0.3, -0.25) is 0 Å². The molecule has 0 aromatic carbocycles. The van der Waals surface area contributed by atoms with Gasteiger partial charge in [-0.2, -0.15) is 0 Å². The van der Waals surface area contributed by atoms with Crippen molar-refractivity contribution in [2.24, 2.45) is 0 Å². The summed E-state index contributed by atoms with van der Waals surface area (Å²) in [4.78, 5) is 4.12. The number of imidazole rings is 1. The Morgan fingerprint density at radius 2 is 2.50 bits per heavy atom. The average Bonchev–Trinajstić information content (AvgIpc) is 2.46. The fourth-order valence-electron chi connectivity index (χ4n) is 1.61. The van der Waals surface area contributed by atoms with Crippen molar-refractivity contribution in [2.75, 3.05) is 0 Å². The second-order valence-corrected chi connectivity index (χ2v) is 3.12. The Morgan fingerprint density at radius 3 is 3.25 bits per heavy atom. The standard InChI is InChI=1S/C8H12N2O2/c11-5-6-4-9-8-3-7(12)1-2-10(6)8/h4,7,11-12H,1-3,5H2. The second kappa shape index (κ2) is 2.88. The Bertz CT molecular complexity index is 283. The van der Waals surface area contributed by atoms with Crippen molar-refractivity contribution in [1.82, 2.24) is 9.55 Å². The predicted molar refractivity (Wildman–Crippen MR) is 42.5 cm³/mol. The number of aliphatic hydroxyl groups excluding tert-OH is 2. The zero-order valence-electron chi connectivity index (χ0n) is 6.77. The van der Waals surface area contributed by atoms with Gasteiger partial charge in [-0.15, -0.1) is 0 Å². The van der Waals surface area contributed by atoms with Gasteiger partial charge in [-0.05, 0) is 6.42 Å². The molecule has 1 aliphatic rings. The van der Waals surface area contributed by atoms with E-state index in [0.29, 0.717) is 6.42 Å². The van der Waals surface area contributed by atoms with E-state index in [1.807, 2.05) is 4.57 Å². The van der Waals surface area contributed by atoms with Gasteiger partial charge in [0.2, 0.25) is 0 Å². The second-order valence-electron chi connectivity index (χ2n) is 3.12. The number of aliphatic hydroxyl groups is 2. The Labute approximate surface area is 70.5 Å². The van der Waals surface area contributed by atoms with Crippen LogP contribution in [0.4, 0.5) is 0 Å². The fourth-order valence-corrected chi connectivity index (χ4v) is 1.61. The molecule has 1 aromatic heterocycles. The third-order valence-electron chi connectivity index (χ3n) is 2.29. The molecule has 12 heavy (non-hydrogen) atoms. The van der Waals surface area contributed by atoms with Crippen molar-refractivity contribution in [3.05, 3.63) is 17.7 Å². The van der Waals surface area contributed by atoms with Gasteiger partial charge in [0, 0.05) is 13.0 Å². The van der Waals surface area contributed by atoms with Gasteiger partial charge in [0.15, 0.2) is 0 Å². The summed E-state index contributed by atoms with van der Waals surface area (Å²) >= 11 is 0. The van der Waals surface area contributed by atoms with Crippen molar-refractivity contribution in [3.63, 3.8) is 0 Å². The van der Waals surface area contributed by atoms with Gasteiger partial charge >= 0.3 is 0 Å². The molecule has 0 bridgehead atoms. The molecule has 1 aliphatic heterocycles. The Morgan fingerprint density at radius 1 is 1.67 bits per heavy atom. The fraction of sp³-hybridized carbons (Fsp3) is 0.625. The van der Waals surface area contributed by atoms with Crippen LogP contribution < -0.4 is 0 Å². The maximum atomic E-state index is 9.32. The molecule has 1 unspecified atom stereocenters. The Kier molecular flexibility index (Phi) is 1.86. The number of nitrogens with zero attached hydrogens (tertiary/aromatic N) is 2. The molecule has 0 amide bonds. The van der Waals surface area contributed by atoms with E-state index in [2.05, 4.69) is 4.98 Å². The van der Waals surface area contributed by atoms with Gasteiger partial charge in [-0.25, -0.2) is 4.98 Å². The minimum absolute atomic E-state index is 0.0308. The molecule has 4 heteroatoms. The first-order valence-corrected chi connectivity index (χ1v) is 4.13. The largest absolute Gasteiger partial charge is 0.393 e. The van der Waals surface area contributed by atoms with Crippen LogP contribution in [0.1, 0.15) is 17.9 Å². The van der Waals surface area contributed by atoms with Gasteiger partial charge < -0.3 is 14.8 Å². The minimum atomic E-state index is -0.258. The zero-order valence-corrected chi connectivity index (χ0v) is 6.77. The summed E-state index contributed by atoms with van der Waals surface area (Å²) in [5, 5.41) is 18.2. The van der Waals surface area contributed by atoms with Crippen molar-refractivity contribution in [2.45, 2.75) is 32.1 Å². The molecule has 0 saturated carbocycles. The van der Waals surface area contributed by atoms with Crippen LogP contribution in [-0.4, -0.2) is 25.9 Å². The molecule has 0 radical (unpaired) electrons. The van der Waals surface area contributed by atoms with Crippen LogP contribution in [0.3, 0.4) is 0 Å². The topological polar surface area (TPSA) is 58.3 Å². The molecule has 0 spiro atoms. The lowest BCUT2D eigenvalue weighted by atomic mass is 10.1. The van der Waals surface area contributed by atoms with E-state index >= 15 is 0 Å². The highest BCUT2D eigenvalue weighted by molar-refractivity contribution is 5.07. The van der Waals surface area contributed by atoms with E-state index in [1.165, 1.54) is 0 Å². The average molecular weight is 168 g/mol. The summed E-state index contributed by atoms with van der Waals surface area (Å²) < 4.78 is 1.98. The highest BCUT2D eigenvalue weighted by Gasteiger charge is 2.19. The van der Waals surface area contributed by atoms with Crippen LogP contribution in [0, 0.1) is 0 Å². The maximum absolute atomic E-state index is 9.32. The smallest absolute Gasteiger partial charge is 0.111 e. The molecular weight excluding hydrogens is 156 g/mol. The zero-order chi connectivity index (χ0) is 8.55. The van der Waals surface area contributed by atoms with Crippen LogP contribution in [0.15, 0.2) is 6.20 Å². The summed E-state index contributed by atoms with van der Waals surface area (Å²) in [5.41, 5.74) is 0.844. The van der Waals surface area contributed by atoms with Crippen molar-refractivity contribution in [1.29, 1.82) is 0 Å². The number of hydrogen-bond acceptors (Lipinski definition) is 3. The summed E-state index contributed by atoms with van der Waals surface area (Å²) in [6, 6.07) is 0. The van der Waals surface area contributed by atoms with Gasteiger partial charge in [0.1, 0.15) is 5.82 Å². The molecule has 1 aromatic rings. The van der Waals surface area contributed by atoms with Gasteiger partial charge in [0.05, 0.1) is 24.6 Å². The molecule has 0 aliphatic carbocycles. The van der Waals surface area contributed by atoms with E-state index in [1.54, 1.807) is 6.20 Å². The monoisotopic (exact) mass is 168 g/mol. The Balaban J connectivity index is 2.32. The van der Waals surface area contributed by atoms with Gasteiger partial charge in [0.25, 0.3) is 0 Å². The molecule has 66 valence electrons. The molecule has 1 atom stereocenters. The van der Waals surface area contributed by atoms with Crippen LogP contribution in [0.25, 0.3) is 0 Å². The summed E-state index contributed by atoms with van der Waals surface area (Å²) in [6.45, 7) is 0.801. The molecular formula is C8H12N2O2. The van der Waals surface area contributed by atoms with E-state index in [9.17, 15) is 5.11 Å². The maximum Gasteiger partial charge on any atom is 0.111 e. The number of hydrogen-bond donors (Lipinski definition) is 2. The van der Waals surface area contributed by atoms with Crippen LogP contribution in [-0.2, 0) is 19.6 Å². The minimum Gasteiger partial charge on any atom is -0.393 e. The third-order valence-corrected chi connectivity index (χ3v) is 2.29. The van der Waals surface area contributed by atoms with Gasteiger partial charge in [-0.1, -0.05) is 0 Å². The molecule has 0 fully saturated rings. The first-order chi connectivity index (χ1) is 5.81. The normalized spacial score (nSPS) is 22.3. The van der Waals surface area contributed by atoms with E-state index in [-0.39, 0.29) is 12.7 Å². The number of fused-ring (bicyclic) bond motifs is 1. The lowest BCUT2D eigenvalue weighted by Crippen LogP contribution is -2.24. The summed E-state index contributed by atoms with van der Waals surface area (Å²) in [7, 11) is 0. The Hall–Kier alpha value is -0.870. The van der Waals surface area contributed by atoms with Crippen LogP contribution in [0.5, 0.6) is 0 Å². The van der Waals surface area contributed by atoms with Crippen molar-refractivity contribution in [3.8, 4) is 0 Å². The quantitative estimate of drug-likeness (QED) is 0.604. The molecule has 0 saturated heterocycles. The molecule has 2 heterocycles. The lowest BCUT2D eigenvalue weighted by Gasteiger charge is -2.20. The number of rotatable bonds is 1. The van der Waals surface area contributed by atoms with E-state index in [4.69, 9.17) is 5.11 Å². The highest BCUT2D eigenvalue weighted by Crippen LogP contribution is 2.16. The first-order valence-electron chi connectivity index (χ1n) is 4.13. The van der Waals surface area contributed by atoms with Crippen molar-refractivity contribution < 1.29 is 10.2 Å². The predicted octanol–water partition coefficient (Wildman–Crippen LogP) is -0.318.